The highest BCUT2D eigenvalue weighted by Gasteiger charge is 2.26. The number of anilines is 1. The third kappa shape index (κ3) is 5.04. The first-order valence-electron chi connectivity index (χ1n) is 6.72. The molecule has 0 bridgehead atoms. The Morgan fingerprint density at radius 2 is 1.91 bits per heavy atom. The number of aliphatic carboxylic acids is 1. The average Bonchev–Trinajstić information content (AvgIpc) is 2.39. The zero-order chi connectivity index (χ0) is 16.9. The number of nitrogens with one attached hydrogen (secondary N) is 2. The maximum absolute atomic E-state index is 12.1. The molecule has 0 fully saturated rings. The van der Waals surface area contributed by atoms with E-state index in [1.165, 1.54) is 19.1 Å². The van der Waals surface area contributed by atoms with Gasteiger partial charge in [-0.15, -0.1) is 0 Å². The summed E-state index contributed by atoms with van der Waals surface area (Å²) < 4.78 is 0. The molecule has 0 spiro atoms. The van der Waals surface area contributed by atoms with E-state index in [-0.39, 0.29) is 29.5 Å². The molecule has 3 N–H and O–H groups in total. The molecule has 1 rings (SSSR count). The van der Waals surface area contributed by atoms with Crippen molar-refractivity contribution in [2.24, 2.45) is 5.41 Å². The Balaban J connectivity index is 2.73. The smallest absolute Gasteiger partial charge is 0.309 e. The summed E-state index contributed by atoms with van der Waals surface area (Å²) >= 11 is 5.98. The van der Waals surface area contributed by atoms with Crippen molar-refractivity contribution >= 4 is 35.1 Å². The molecular formula is C15H19ClN2O4. The molecule has 0 aliphatic rings. The van der Waals surface area contributed by atoms with Gasteiger partial charge in [-0.2, -0.15) is 0 Å². The van der Waals surface area contributed by atoms with Crippen molar-refractivity contribution in [1.29, 1.82) is 0 Å². The molecular weight excluding hydrogens is 308 g/mol. The van der Waals surface area contributed by atoms with Crippen LogP contribution in [0.2, 0.25) is 5.02 Å². The van der Waals surface area contributed by atoms with Crippen LogP contribution < -0.4 is 10.6 Å². The summed E-state index contributed by atoms with van der Waals surface area (Å²) in [7, 11) is 0. The van der Waals surface area contributed by atoms with E-state index in [1.807, 2.05) is 0 Å². The predicted molar refractivity (Wildman–Crippen MR) is 84.1 cm³/mol. The van der Waals surface area contributed by atoms with E-state index in [9.17, 15) is 14.4 Å². The molecule has 1 aromatic carbocycles. The molecule has 0 saturated carbocycles. The summed E-state index contributed by atoms with van der Waals surface area (Å²) in [4.78, 5) is 34.1. The number of halogens is 1. The van der Waals surface area contributed by atoms with E-state index in [0.29, 0.717) is 5.69 Å². The zero-order valence-corrected chi connectivity index (χ0v) is 13.5. The molecule has 0 heterocycles. The van der Waals surface area contributed by atoms with Crippen molar-refractivity contribution in [2.75, 3.05) is 11.9 Å². The van der Waals surface area contributed by atoms with Gasteiger partial charge in [0.05, 0.1) is 16.0 Å². The SMILES string of the molecule is CC(=O)Nc1ccc(Cl)c(C(=O)NCCC(C)(C)C(=O)O)c1. The third-order valence-corrected chi connectivity index (χ3v) is 3.48. The van der Waals surface area contributed by atoms with Gasteiger partial charge in [-0.1, -0.05) is 11.6 Å². The molecule has 0 aliphatic heterocycles. The fourth-order valence-corrected chi connectivity index (χ4v) is 1.87. The molecule has 2 amide bonds. The van der Waals surface area contributed by atoms with E-state index >= 15 is 0 Å². The summed E-state index contributed by atoms with van der Waals surface area (Å²) in [6.07, 6.45) is 0.289. The fourth-order valence-electron chi connectivity index (χ4n) is 1.67. The van der Waals surface area contributed by atoms with E-state index in [0.717, 1.165) is 0 Å². The predicted octanol–water partition coefficient (Wildman–Crippen LogP) is 2.53. The lowest BCUT2D eigenvalue weighted by atomic mass is 9.90. The molecule has 0 unspecified atom stereocenters. The Morgan fingerprint density at radius 3 is 2.45 bits per heavy atom. The van der Waals surface area contributed by atoms with Gasteiger partial charge in [0.25, 0.3) is 5.91 Å². The topological polar surface area (TPSA) is 95.5 Å². The van der Waals surface area contributed by atoms with Gasteiger partial charge >= 0.3 is 5.97 Å². The van der Waals surface area contributed by atoms with E-state index < -0.39 is 17.3 Å². The van der Waals surface area contributed by atoms with Crippen molar-refractivity contribution in [3.05, 3.63) is 28.8 Å². The first-order chi connectivity index (χ1) is 10.1. The van der Waals surface area contributed by atoms with Crippen molar-refractivity contribution in [3.8, 4) is 0 Å². The molecule has 1 aromatic rings. The van der Waals surface area contributed by atoms with Gasteiger partial charge in [0.15, 0.2) is 0 Å². The number of carboxylic acids is 1. The van der Waals surface area contributed by atoms with Crippen LogP contribution in [0.4, 0.5) is 5.69 Å². The maximum atomic E-state index is 12.1. The second-order valence-electron chi connectivity index (χ2n) is 5.57. The van der Waals surface area contributed by atoms with Crippen molar-refractivity contribution in [1.82, 2.24) is 5.32 Å². The molecule has 6 nitrogen and oxygen atoms in total. The number of carboxylic acid groups (broad SMARTS) is 1. The van der Waals surface area contributed by atoms with Crippen LogP contribution in [0.3, 0.4) is 0 Å². The number of hydrogen-bond acceptors (Lipinski definition) is 3. The highest BCUT2D eigenvalue weighted by molar-refractivity contribution is 6.34. The number of carbonyl (C=O) groups excluding carboxylic acids is 2. The Bertz CT molecular complexity index is 599. The largest absolute Gasteiger partial charge is 0.481 e. The average molecular weight is 327 g/mol. The molecule has 22 heavy (non-hydrogen) atoms. The lowest BCUT2D eigenvalue weighted by Crippen LogP contribution is -2.32. The van der Waals surface area contributed by atoms with Gasteiger partial charge in [-0.3, -0.25) is 14.4 Å². The molecule has 120 valence electrons. The first kappa shape index (κ1) is 18.0. The van der Waals surface area contributed by atoms with Crippen LogP contribution in [0.25, 0.3) is 0 Å². The van der Waals surface area contributed by atoms with Crippen LogP contribution >= 0.6 is 11.6 Å². The number of rotatable bonds is 6. The van der Waals surface area contributed by atoms with Gasteiger partial charge in [0, 0.05) is 19.2 Å². The van der Waals surface area contributed by atoms with Crippen LogP contribution in [0.1, 0.15) is 37.6 Å². The molecule has 0 atom stereocenters. The first-order valence-corrected chi connectivity index (χ1v) is 7.10. The molecule has 7 heteroatoms. The summed E-state index contributed by atoms with van der Waals surface area (Å²) in [5, 5.41) is 14.5. The lowest BCUT2D eigenvalue weighted by molar-refractivity contribution is -0.147. The van der Waals surface area contributed by atoms with Crippen LogP contribution in [-0.2, 0) is 9.59 Å². The van der Waals surface area contributed by atoms with E-state index in [4.69, 9.17) is 16.7 Å². The van der Waals surface area contributed by atoms with E-state index in [1.54, 1.807) is 19.9 Å². The van der Waals surface area contributed by atoms with Gasteiger partial charge in [0.1, 0.15) is 0 Å². The van der Waals surface area contributed by atoms with Crippen molar-refractivity contribution < 1.29 is 19.5 Å². The van der Waals surface area contributed by atoms with Gasteiger partial charge in [0.2, 0.25) is 5.91 Å². The Hall–Kier alpha value is -2.08. The number of hydrogen-bond donors (Lipinski definition) is 3. The summed E-state index contributed by atoms with van der Waals surface area (Å²) in [6, 6.07) is 4.58. The lowest BCUT2D eigenvalue weighted by Gasteiger charge is -2.19. The standard InChI is InChI=1S/C15H19ClN2O4/c1-9(19)18-10-4-5-12(16)11(8-10)13(20)17-7-6-15(2,3)14(21)22/h4-5,8H,6-7H2,1-3H3,(H,17,20)(H,18,19)(H,21,22). The molecule has 0 aromatic heterocycles. The minimum absolute atomic E-state index is 0.207. The van der Waals surface area contributed by atoms with Crippen LogP contribution in [0.5, 0.6) is 0 Å². The third-order valence-electron chi connectivity index (χ3n) is 3.15. The Labute approximate surface area is 133 Å². The Morgan fingerprint density at radius 1 is 1.27 bits per heavy atom. The quantitative estimate of drug-likeness (QED) is 0.748. The van der Waals surface area contributed by atoms with Gasteiger partial charge in [-0.05, 0) is 38.5 Å². The minimum Gasteiger partial charge on any atom is -0.481 e. The number of carbonyl (C=O) groups is 3. The van der Waals surface area contributed by atoms with Crippen molar-refractivity contribution in [3.63, 3.8) is 0 Å². The van der Waals surface area contributed by atoms with Crippen molar-refractivity contribution in [2.45, 2.75) is 27.2 Å². The summed E-state index contributed by atoms with van der Waals surface area (Å²) in [5.41, 5.74) is -0.233. The summed E-state index contributed by atoms with van der Waals surface area (Å²) in [6.45, 7) is 4.75. The Kier molecular flexibility index (Phi) is 5.93. The second-order valence-corrected chi connectivity index (χ2v) is 5.98. The minimum atomic E-state index is -0.924. The molecule has 0 aliphatic carbocycles. The number of benzene rings is 1. The normalized spacial score (nSPS) is 10.9. The highest BCUT2D eigenvalue weighted by atomic mass is 35.5. The van der Waals surface area contributed by atoms with Crippen LogP contribution in [0.15, 0.2) is 18.2 Å². The van der Waals surface area contributed by atoms with Crippen LogP contribution in [-0.4, -0.2) is 29.4 Å². The van der Waals surface area contributed by atoms with E-state index in [2.05, 4.69) is 10.6 Å². The monoisotopic (exact) mass is 326 g/mol. The van der Waals surface area contributed by atoms with Crippen LogP contribution in [0, 0.1) is 5.41 Å². The van der Waals surface area contributed by atoms with Gasteiger partial charge in [-0.25, -0.2) is 0 Å². The maximum Gasteiger partial charge on any atom is 0.309 e. The number of amides is 2. The fraction of sp³-hybridized carbons (Fsp3) is 0.400. The second kappa shape index (κ2) is 7.26. The molecule has 0 radical (unpaired) electrons. The summed E-state index contributed by atoms with van der Waals surface area (Å²) in [5.74, 6) is -1.59. The zero-order valence-electron chi connectivity index (χ0n) is 12.7. The highest BCUT2D eigenvalue weighted by Crippen LogP contribution is 2.22. The molecule has 0 saturated heterocycles. The van der Waals surface area contributed by atoms with Gasteiger partial charge < -0.3 is 15.7 Å².